The molecule has 0 atom stereocenters. The first-order valence-electron chi connectivity index (χ1n) is 8.84. The summed E-state index contributed by atoms with van der Waals surface area (Å²) in [6.45, 7) is 5.31. The minimum Gasteiger partial charge on any atom is -0.493 e. The van der Waals surface area contributed by atoms with Crippen molar-refractivity contribution >= 4 is 28.4 Å². The summed E-state index contributed by atoms with van der Waals surface area (Å²) in [5.74, 6) is 0.362. The van der Waals surface area contributed by atoms with E-state index in [1.807, 2.05) is 24.6 Å². The molecule has 28 heavy (non-hydrogen) atoms. The first-order chi connectivity index (χ1) is 13.4. The lowest BCUT2D eigenvalue weighted by atomic mass is 10.1. The van der Waals surface area contributed by atoms with Crippen LogP contribution >= 0.6 is 0 Å². The molecular formula is C20H22N4O4. The maximum Gasteiger partial charge on any atom is 0.262 e. The monoisotopic (exact) mass is 382 g/mol. The Bertz CT molecular complexity index is 1030. The Kier molecular flexibility index (Phi) is 5.58. The maximum atomic E-state index is 12.2. The number of benzene rings is 1. The van der Waals surface area contributed by atoms with Gasteiger partial charge in [0.1, 0.15) is 0 Å². The number of nitrogens with zero attached hydrogens (tertiary/aromatic N) is 3. The number of amides is 1. The average molecular weight is 382 g/mol. The largest absolute Gasteiger partial charge is 0.493 e. The van der Waals surface area contributed by atoms with Crippen LogP contribution < -0.4 is 14.8 Å². The van der Waals surface area contributed by atoms with Gasteiger partial charge in [-0.15, -0.1) is 0 Å². The number of aromatic nitrogens is 3. The summed E-state index contributed by atoms with van der Waals surface area (Å²) in [4.78, 5) is 28.1. The average Bonchev–Trinajstić information content (AvgIpc) is 3.09. The Morgan fingerprint density at radius 3 is 2.64 bits per heavy atom. The first-order valence-corrected chi connectivity index (χ1v) is 8.84. The maximum absolute atomic E-state index is 12.2. The minimum absolute atomic E-state index is 0.0775. The lowest BCUT2D eigenvalue weighted by Crippen LogP contribution is -2.20. The Labute approximate surface area is 162 Å². The topological polar surface area (TPSA) is 95.3 Å². The van der Waals surface area contributed by atoms with Crippen molar-refractivity contribution in [1.82, 2.24) is 14.8 Å². The van der Waals surface area contributed by atoms with Crippen molar-refractivity contribution in [3.63, 3.8) is 0 Å². The third kappa shape index (κ3) is 4.11. The second kappa shape index (κ2) is 8.08. The van der Waals surface area contributed by atoms with E-state index in [2.05, 4.69) is 15.4 Å². The van der Waals surface area contributed by atoms with Crippen LogP contribution in [-0.2, 0) is 4.79 Å². The molecule has 0 unspecified atom stereocenters. The van der Waals surface area contributed by atoms with E-state index in [0.717, 1.165) is 11.0 Å². The number of fused-ring (bicyclic) bond motifs is 1. The summed E-state index contributed by atoms with van der Waals surface area (Å²) >= 11 is 0. The zero-order chi connectivity index (χ0) is 20.3. The summed E-state index contributed by atoms with van der Waals surface area (Å²) in [6, 6.07) is 6.83. The van der Waals surface area contributed by atoms with E-state index in [0.29, 0.717) is 22.7 Å². The lowest BCUT2D eigenvalue weighted by Gasteiger charge is -2.12. The summed E-state index contributed by atoms with van der Waals surface area (Å²) in [6.07, 6.45) is 3.30. The van der Waals surface area contributed by atoms with Crippen molar-refractivity contribution in [3.05, 3.63) is 42.2 Å². The van der Waals surface area contributed by atoms with Gasteiger partial charge in [0, 0.05) is 17.0 Å². The molecule has 0 spiro atoms. The SMILES string of the molecule is COc1cc(C(C)=O)ccc1OCC(=O)Nc1cnc2c(cnn2C(C)C)c1. The molecule has 3 rings (SSSR count). The van der Waals surface area contributed by atoms with Crippen molar-refractivity contribution in [3.8, 4) is 11.5 Å². The molecule has 146 valence electrons. The molecule has 1 N–H and O–H groups in total. The van der Waals surface area contributed by atoms with Crippen molar-refractivity contribution in [2.45, 2.75) is 26.8 Å². The predicted molar refractivity (Wildman–Crippen MR) is 105 cm³/mol. The van der Waals surface area contributed by atoms with Gasteiger partial charge in [0.2, 0.25) is 0 Å². The molecule has 3 aromatic rings. The van der Waals surface area contributed by atoms with Crippen molar-refractivity contribution in [1.29, 1.82) is 0 Å². The van der Waals surface area contributed by atoms with Crippen LogP contribution in [0.1, 0.15) is 37.2 Å². The van der Waals surface area contributed by atoms with E-state index in [9.17, 15) is 9.59 Å². The van der Waals surface area contributed by atoms with Crippen LogP contribution in [0.25, 0.3) is 11.0 Å². The first kappa shape index (κ1) is 19.3. The number of ether oxygens (including phenoxy) is 2. The van der Waals surface area contributed by atoms with E-state index >= 15 is 0 Å². The van der Waals surface area contributed by atoms with Crippen LogP contribution in [0.15, 0.2) is 36.7 Å². The number of methoxy groups -OCH3 is 1. The zero-order valence-corrected chi connectivity index (χ0v) is 16.2. The predicted octanol–water partition coefficient (Wildman–Crippen LogP) is 3.24. The van der Waals surface area contributed by atoms with Gasteiger partial charge >= 0.3 is 0 Å². The summed E-state index contributed by atoms with van der Waals surface area (Å²) in [7, 11) is 1.48. The van der Waals surface area contributed by atoms with Crippen LogP contribution in [-0.4, -0.2) is 40.2 Å². The minimum atomic E-state index is -0.338. The number of carbonyl (C=O) groups is 2. The standard InChI is InChI=1S/C20H22N4O4/c1-12(2)24-20-15(9-22-24)7-16(10-21-20)23-19(26)11-28-17-6-5-14(13(3)25)8-18(17)27-4/h5-10,12H,11H2,1-4H3,(H,23,26). The van der Waals surface area contributed by atoms with Gasteiger partial charge < -0.3 is 14.8 Å². The molecule has 0 saturated heterocycles. The number of hydrogen-bond acceptors (Lipinski definition) is 6. The second-order valence-corrected chi connectivity index (χ2v) is 6.58. The molecule has 0 bridgehead atoms. The van der Waals surface area contributed by atoms with Gasteiger partial charge in [-0.2, -0.15) is 5.10 Å². The highest BCUT2D eigenvalue weighted by Crippen LogP contribution is 2.28. The number of rotatable bonds is 7. The molecule has 0 aliphatic carbocycles. The Hall–Kier alpha value is -3.42. The van der Waals surface area contributed by atoms with Gasteiger partial charge in [-0.3, -0.25) is 9.59 Å². The van der Waals surface area contributed by atoms with Gasteiger partial charge in [0.05, 0.1) is 25.2 Å². The van der Waals surface area contributed by atoms with Crippen molar-refractivity contribution in [2.24, 2.45) is 0 Å². The number of carbonyl (C=O) groups excluding carboxylic acids is 2. The van der Waals surface area contributed by atoms with Crippen LogP contribution in [0.2, 0.25) is 0 Å². The number of Topliss-reactive ketones (excluding diaryl/α,β-unsaturated/α-hetero) is 1. The van der Waals surface area contributed by atoms with Gasteiger partial charge in [-0.05, 0) is 45.0 Å². The molecule has 0 aliphatic heterocycles. The highest BCUT2D eigenvalue weighted by atomic mass is 16.5. The Balaban J connectivity index is 1.66. The summed E-state index contributed by atoms with van der Waals surface area (Å²) in [5.41, 5.74) is 1.83. The highest BCUT2D eigenvalue weighted by molar-refractivity contribution is 5.95. The molecule has 0 aliphatic rings. The van der Waals surface area contributed by atoms with Crippen LogP contribution in [0.3, 0.4) is 0 Å². The molecule has 2 aromatic heterocycles. The van der Waals surface area contributed by atoms with E-state index < -0.39 is 0 Å². The molecule has 0 fully saturated rings. The fourth-order valence-corrected chi connectivity index (χ4v) is 2.73. The van der Waals surface area contributed by atoms with Crippen LogP contribution in [0.4, 0.5) is 5.69 Å². The van der Waals surface area contributed by atoms with E-state index in [-0.39, 0.29) is 24.3 Å². The van der Waals surface area contributed by atoms with E-state index in [1.54, 1.807) is 30.6 Å². The quantitative estimate of drug-likeness (QED) is 0.630. The number of ketones is 1. The number of nitrogens with one attached hydrogen (secondary N) is 1. The summed E-state index contributed by atoms with van der Waals surface area (Å²) < 4.78 is 12.6. The molecule has 0 saturated carbocycles. The van der Waals surface area contributed by atoms with Gasteiger partial charge in [-0.25, -0.2) is 9.67 Å². The van der Waals surface area contributed by atoms with Crippen LogP contribution in [0.5, 0.6) is 11.5 Å². The molecule has 8 nitrogen and oxygen atoms in total. The highest BCUT2D eigenvalue weighted by Gasteiger charge is 2.12. The van der Waals surface area contributed by atoms with Crippen molar-refractivity contribution < 1.29 is 19.1 Å². The fraction of sp³-hybridized carbons (Fsp3) is 0.300. The number of pyridine rings is 1. The molecule has 1 aromatic carbocycles. The Morgan fingerprint density at radius 2 is 1.96 bits per heavy atom. The molecule has 2 heterocycles. The van der Waals surface area contributed by atoms with E-state index in [4.69, 9.17) is 9.47 Å². The number of hydrogen-bond donors (Lipinski definition) is 1. The molecule has 8 heteroatoms. The summed E-state index contributed by atoms with van der Waals surface area (Å²) in [5, 5.41) is 7.90. The van der Waals surface area contributed by atoms with Gasteiger partial charge in [0.15, 0.2) is 29.5 Å². The fourth-order valence-electron chi connectivity index (χ4n) is 2.73. The molecule has 0 radical (unpaired) electrons. The lowest BCUT2D eigenvalue weighted by molar-refractivity contribution is -0.118. The van der Waals surface area contributed by atoms with Crippen LogP contribution in [0, 0.1) is 0 Å². The Morgan fingerprint density at radius 1 is 1.18 bits per heavy atom. The smallest absolute Gasteiger partial charge is 0.262 e. The third-order valence-corrected chi connectivity index (χ3v) is 4.14. The van der Waals surface area contributed by atoms with E-state index in [1.165, 1.54) is 14.0 Å². The van der Waals surface area contributed by atoms with Gasteiger partial charge in [0.25, 0.3) is 5.91 Å². The molecule has 1 amide bonds. The second-order valence-electron chi connectivity index (χ2n) is 6.58. The zero-order valence-electron chi connectivity index (χ0n) is 16.2. The van der Waals surface area contributed by atoms with Gasteiger partial charge in [-0.1, -0.05) is 0 Å². The van der Waals surface area contributed by atoms with Crippen molar-refractivity contribution in [2.75, 3.05) is 19.0 Å². The number of anilines is 1. The normalized spacial score (nSPS) is 10.9. The third-order valence-electron chi connectivity index (χ3n) is 4.14. The molecular weight excluding hydrogens is 360 g/mol.